The fourth-order valence-corrected chi connectivity index (χ4v) is 3.88. The maximum atomic E-state index is 4.26. The van der Waals surface area contributed by atoms with E-state index >= 15 is 0 Å². The van der Waals surface area contributed by atoms with E-state index in [4.69, 9.17) is 0 Å². The third-order valence-corrected chi connectivity index (χ3v) is 5.59. The molecule has 0 spiro atoms. The largest absolute Gasteiger partial charge is 0.361 e. The molecule has 0 bridgehead atoms. The van der Waals surface area contributed by atoms with Crippen molar-refractivity contribution in [2.24, 2.45) is 0 Å². The van der Waals surface area contributed by atoms with E-state index in [-0.39, 0.29) is 0 Å². The van der Waals surface area contributed by atoms with Crippen LogP contribution in [0.25, 0.3) is 23.1 Å². The van der Waals surface area contributed by atoms with Crippen LogP contribution in [0.5, 0.6) is 0 Å². The number of benzene rings is 1. The van der Waals surface area contributed by atoms with E-state index in [0.29, 0.717) is 0 Å². The van der Waals surface area contributed by atoms with E-state index in [1.54, 1.807) is 0 Å². The summed E-state index contributed by atoms with van der Waals surface area (Å²) in [5, 5.41) is 1.32. The predicted molar refractivity (Wildman–Crippen MR) is 126 cm³/mol. The SMILES string of the molecule is Cc1cccc2[nH]ccc12.Cc1ccnc2c1C=CC2.Cc1cncc2c1C=CC2. The molecular weight excluding hydrogens is 366 g/mol. The number of rotatable bonds is 0. The Bertz CT molecular complexity index is 1170. The monoisotopic (exact) mass is 393 g/mol. The molecule has 0 aliphatic heterocycles. The van der Waals surface area contributed by atoms with Crippen LogP contribution in [-0.4, -0.2) is 15.0 Å². The van der Waals surface area contributed by atoms with Gasteiger partial charge in [0.05, 0.1) is 5.69 Å². The number of hydrogen-bond acceptors (Lipinski definition) is 2. The molecule has 2 aliphatic carbocycles. The number of aromatic amines is 1. The average Bonchev–Trinajstić information content (AvgIpc) is 3.50. The molecule has 0 saturated heterocycles. The lowest BCUT2D eigenvalue weighted by Crippen LogP contribution is -1.88. The zero-order chi connectivity index (χ0) is 20.9. The van der Waals surface area contributed by atoms with Crippen LogP contribution in [-0.2, 0) is 12.8 Å². The van der Waals surface area contributed by atoms with Crippen molar-refractivity contribution >= 4 is 23.1 Å². The van der Waals surface area contributed by atoms with Gasteiger partial charge in [0.2, 0.25) is 0 Å². The number of allylic oxidation sites excluding steroid dienone is 2. The molecule has 30 heavy (non-hydrogen) atoms. The maximum Gasteiger partial charge on any atom is 0.0516 e. The second-order valence-electron chi connectivity index (χ2n) is 7.74. The molecule has 3 nitrogen and oxygen atoms in total. The summed E-state index contributed by atoms with van der Waals surface area (Å²) in [6, 6.07) is 10.4. The molecule has 3 heterocycles. The number of aryl methyl sites for hydroxylation is 3. The Balaban J connectivity index is 0.000000109. The van der Waals surface area contributed by atoms with Crippen molar-refractivity contribution in [2.45, 2.75) is 33.6 Å². The highest BCUT2D eigenvalue weighted by Gasteiger charge is 2.07. The number of pyridine rings is 2. The molecule has 0 amide bonds. The lowest BCUT2D eigenvalue weighted by atomic mass is 10.1. The fraction of sp³-hybridized carbons (Fsp3) is 0.185. The van der Waals surface area contributed by atoms with Crippen LogP contribution in [0.1, 0.15) is 39.1 Å². The molecule has 1 N–H and O–H groups in total. The topological polar surface area (TPSA) is 41.6 Å². The summed E-state index contributed by atoms with van der Waals surface area (Å²) in [5.41, 5.74) is 10.4. The van der Waals surface area contributed by atoms with Crippen LogP contribution >= 0.6 is 0 Å². The normalized spacial score (nSPS) is 12.6. The minimum atomic E-state index is 1.01. The van der Waals surface area contributed by atoms with E-state index in [9.17, 15) is 0 Å². The molecule has 0 atom stereocenters. The van der Waals surface area contributed by atoms with Crippen molar-refractivity contribution in [1.82, 2.24) is 15.0 Å². The third-order valence-electron chi connectivity index (χ3n) is 5.59. The summed E-state index contributed by atoms with van der Waals surface area (Å²) in [4.78, 5) is 11.5. The highest BCUT2D eigenvalue weighted by atomic mass is 14.7. The number of nitrogens with zero attached hydrogens (tertiary/aromatic N) is 2. The van der Waals surface area contributed by atoms with E-state index in [0.717, 1.165) is 12.8 Å². The van der Waals surface area contributed by atoms with Crippen molar-refractivity contribution < 1.29 is 0 Å². The number of hydrogen-bond donors (Lipinski definition) is 1. The van der Waals surface area contributed by atoms with Crippen LogP contribution in [0, 0.1) is 20.8 Å². The number of fused-ring (bicyclic) bond motifs is 3. The zero-order valence-electron chi connectivity index (χ0n) is 17.8. The molecule has 0 fully saturated rings. The molecule has 3 heteroatoms. The van der Waals surface area contributed by atoms with Crippen molar-refractivity contribution in [2.75, 3.05) is 0 Å². The Labute approximate surface area is 178 Å². The number of nitrogens with one attached hydrogen (secondary N) is 1. The standard InChI is InChI=1S/3C9H9N/c1-7-5-10-6-8-3-2-4-9(7)8;1-7-5-6-10-9-4-2-3-8(7)9;1-7-3-2-4-9-8(7)5-6-10-9/h2,4-6H,3H2,1H3;2-3,5-6H,4H2,1H3;2-6,10H,1H3. The van der Waals surface area contributed by atoms with Gasteiger partial charge >= 0.3 is 0 Å². The third kappa shape index (κ3) is 4.25. The van der Waals surface area contributed by atoms with Gasteiger partial charge in [-0.25, -0.2) is 0 Å². The van der Waals surface area contributed by atoms with Crippen LogP contribution in [0.15, 0.2) is 67.3 Å². The van der Waals surface area contributed by atoms with Gasteiger partial charge in [-0.05, 0) is 78.8 Å². The van der Waals surface area contributed by atoms with Crippen molar-refractivity contribution in [1.29, 1.82) is 0 Å². The average molecular weight is 394 g/mol. The first kappa shape index (κ1) is 19.8. The van der Waals surface area contributed by atoms with E-state index < -0.39 is 0 Å². The number of aromatic nitrogens is 3. The first-order chi connectivity index (χ1) is 14.6. The highest BCUT2D eigenvalue weighted by molar-refractivity contribution is 5.82. The molecule has 6 rings (SSSR count). The van der Waals surface area contributed by atoms with Crippen LogP contribution in [0.4, 0.5) is 0 Å². The summed E-state index contributed by atoms with van der Waals surface area (Å²) in [6.45, 7) is 6.34. The molecule has 2 aliphatic rings. The van der Waals surface area contributed by atoms with Crippen molar-refractivity contribution in [3.05, 3.63) is 106 Å². The van der Waals surface area contributed by atoms with Gasteiger partial charge in [0, 0.05) is 42.1 Å². The van der Waals surface area contributed by atoms with Crippen LogP contribution < -0.4 is 0 Å². The summed E-state index contributed by atoms with van der Waals surface area (Å²) >= 11 is 0. The Hall–Kier alpha value is -3.46. The van der Waals surface area contributed by atoms with Gasteiger partial charge in [0.15, 0.2) is 0 Å². The molecule has 0 saturated carbocycles. The van der Waals surface area contributed by atoms with Gasteiger partial charge in [-0.3, -0.25) is 9.97 Å². The Morgan fingerprint density at radius 3 is 2.43 bits per heavy atom. The zero-order valence-corrected chi connectivity index (χ0v) is 17.8. The smallest absolute Gasteiger partial charge is 0.0516 e. The second-order valence-corrected chi connectivity index (χ2v) is 7.74. The first-order valence-electron chi connectivity index (χ1n) is 10.4. The molecule has 3 aromatic heterocycles. The quantitative estimate of drug-likeness (QED) is 0.376. The summed E-state index contributed by atoms with van der Waals surface area (Å²) in [7, 11) is 0. The highest BCUT2D eigenvalue weighted by Crippen LogP contribution is 2.21. The summed E-state index contributed by atoms with van der Waals surface area (Å²) in [5.74, 6) is 0. The van der Waals surface area contributed by atoms with Gasteiger partial charge in [0.1, 0.15) is 0 Å². The van der Waals surface area contributed by atoms with Gasteiger partial charge in [-0.1, -0.05) is 36.4 Å². The summed E-state index contributed by atoms with van der Waals surface area (Å²) in [6.07, 6.45) is 18.4. The van der Waals surface area contributed by atoms with Crippen LogP contribution in [0.3, 0.4) is 0 Å². The van der Waals surface area contributed by atoms with Gasteiger partial charge in [-0.2, -0.15) is 0 Å². The minimum Gasteiger partial charge on any atom is -0.361 e. The lowest BCUT2D eigenvalue weighted by molar-refractivity contribution is 1.11. The van der Waals surface area contributed by atoms with E-state index in [1.807, 2.05) is 24.8 Å². The van der Waals surface area contributed by atoms with E-state index in [1.165, 1.54) is 50.0 Å². The maximum absolute atomic E-state index is 4.26. The van der Waals surface area contributed by atoms with E-state index in [2.05, 4.69) is 90.4 Å². The summed E-state index contributed by atoms with van der Waals surface area (Å²) < 4.78 is 0. The van der Waals surface area contributed by atoms with Gasteiger partial charge in [0.25, 0.3) is 0 Å². The van der Waals surface area contributed by atoms with Crippen LogP contribution in [0.2, 0.25) is 0 Å². The minimum absolute atomic E-state index is 1.01. The molecule has 0 radical (unpaired) electrons. The molecule has 4 aromatic rings. The lowest BCUT2D eigenvalue weighted by Gasteiger charge is -1.99. The van der Waals surface area contributed by atoms with Gasteiger partial charge in [-0.15, -0.1) is 0 Å². The Morgan fingerprint density at radius 1 is 0.800 bits per heavy atom. The molecule has 0 unspecified atom stereocenters. The molecule has 1 aromatic carbocycles. The second kappa shape index (κ2) is 8.91. The molecule has 150 valence electrons. The van der Waals surface area contributed by atoms with Crippen molar-refractivity contribution in [3.63, 3.8) is 0 Å². The fourth-order valence-electron chi connectivity index (χ4n) is 3.88. The molecular formula is C27H27N3. The first-order valence-corrected chi connectivity index (χ1v) is 10.4. The van der Waals surface area contributed by atoms with Gasteiger partial charge < -0.3 is 4.98 Å². The predicted octanol–water partition coefficient (Wildman–Crippen LogP) is 6.39. The Kier molecular flexibility index (Phi) is 5.89. The number of H-pyrrole nitrogens is 1. The van der Waals surface area contributed by atoms with Crippen molar-refractivity contribution in [3.8, 4) is 0 Å². The Morgan fingerprint density at radius 2 is 1.63 bits per heavy atom.